The van der Waals surface area contributed by atoms with E-state index >= 15 is 0 Å². The predicted molar refractivity (Wildman–Crippen MR) is 70.3 cm³/mol. The number of carbonyl (C=O) groups is 3. The Balaban J connectivity index is -0.00000112. The molecule has 8 heteroatoms. The van der Waals surface area contributed by atoms with Crippen molar-refractivity contribution in [2.75, 3.05) is 0 Å². The van der Waals surface area contributed by atoms with Crippen molar-refractivity contribution < 1.29 is 24.6 Å². The Bertz CT molecular complexity index is 273. The molecule has 0 saturated heterocycles. The van der Waals surface area contributed by atoms with Gasteiger partial charge < -0.3 is 15.5 Å². The molecule has 0 aliphatic heterocycles. The van der Waals surface area contributed by atoms with Gasteiger partial charge in [-0.1, -0.05) is 19.8 Å². The fraction of sp³-hybridized carbons (Fsp3) is 0.700. The van der Waals surface area contributed by atoms with Gasteiger partial charge >= 0.3 is 71.1 Å². The summed E-state index contributed by atoms with van der Waals surface area (Å²) in [5.41, 5.74) is 0. The van der Waals surface area contributed by atoms with Gasteiger partial charge in [-0.15, -0.1) is 0 Å². The average molecular weight is 279 g/mol. The van der Waals surface area contributed by atoms with E-state index in [0.717, 1.165) is 12.8 Å². The molecular weight excluding hydrogens is 260 g/mol. The molecular formula is C10H19NNa2O5. The van der Waals surface area contributed by atoms with Crippen molar-refractivity contribution in [3.63, 3.8) is 0 Å². The zero-order valence-corrected chi connectivity index (χ0v) is 9.23. The molecule has 0 aliphatic rings. The summed E-state index contributed by atoms with van der Waals surface area (Å²) >= 11 is 0. The van der Waals surface area contributed by atoms with Crippen LogP contribution in [0.3, 0.4) is 0 Å². The Morgan fingerprint density at radius 1 is 1.11 bits per heavy atom. The summed E-state index contributed by atoms with van der Waals surface area (Å²) < 4.78 is 0. The van der Waals surface area contributed by atoms with Crippen LogP contribution in [0.2, 0.25) is 0 Å². The van der Waals surface area contributed by atoms with E-state index in [9.17, 15) is 14.4 Å². The SMILES string of the molecule is CCCCCC(=O)N[C@@H](CC(=O)O)C(=O)O.[NaH].[NaH]. The van der Waals surface area contributed by atoms with Gasteiger partial charge in [-0.3, -0.25) is 9.59 Å². The van der Waals surface area contributed by atoms with Gasteiger partial charge in [0.05, 0.1) is 6.42 Å². The third-order valence-corrected chi connectivity index (χ3v) is 2.02. The summed E-state index contributed by atoms with van der Waals surface area (Å²) in [4.78, 5) is 32.2. The summed E-state index contributed by atoms with van der Waals surface area (Å²) in [6.07, 6.45) is 2.17. The topological polar surface area (TPSA) is 104 Å². The van der Waals surface area contributed by atoms with Crippen LogP contribution >= 0.6 is 0 Å². The molecule has 96 valence electrons. The van der Waals surface area contributed by atoms with Crippen molar-refractivity contribution in [2.24, 2.45) is 0 Å². The molecule has 0 bridgehead atoms. The fourth-order valence-corrected chi connectivity index (χ4v) is 1.18. The fourth-order valence-electron chi connectivity index (χ4n) is 1.18. The summed E-state index contributed by atoms with van der Waals surface area (Å²) in [7, 11) is 0. The summed E-state index contributed by atoms with van der Waals surface area (Å²) in [6.45, 7) is 1.99. The van der Waals surface area contributed by atoms with Crippen LogP contribution in [0, 0.1) is 0 Å². The first-order valence-corrected chi connectivity index (χ1v) is 5.21. The first kappa shape index (κ1) is 23.5. The molecule has 0 saturated carbocycles. The number of carboxylic acids is 2. The van der Waals surface area contributed by atoms with Crippen LogP contribution in [0.5, 0.6) is 0 Å². The van der Waals surface area contributed by atoms with Gasteiger partial charge in [-0.25, -0.2) is 4.79 Å². The number of nitrogens with one attached hydrogen (secondary N) is 1. The quantitative estimate of drug-likeness (QED) is 0.403. The standard InChI is InChI=1S/C10H17NO5.2Na.2H/c1-2-3-4-5-8(12)11-7(10(15)16)6-9(13)14;;;;/h7H,2-6H2,1H3,(H,11,12)(H,13,14)(H,15,16);;;;/t7-;;;;/m0..../s1. The molecule has 0 fully saturated rings. The number of amides is 1. The third-order valence-electron chi connectivity index (χ3n) is 2.02. The van der Waals surface area contributed by atoms with E-state index in [1.807, 2.05) is 6.92 Å². The Morgan fingerprint density at radius 3 is 2.06 bits per heavy atom. The molecule has 0 aromatic heterocycles. The monoisotopic (exact) mass is 279 g/mol. The molecule has 3 N–H and O–H groups in total. The number of aliphatic carboxylic acids is 2. The number of rotatable bonds is 8. The molecule has 0 aromatic carbocycles. The van der Waals surface area contributed by atoms with E-state index < -0.39 is 30.3 Å². The molecule has 0 unspecified atom stereocenters. The molecule has 0 radical (unpaired) electrons. The van der Waals surface area contributed by atoms with Gasteiger partial charge in [0.2, 0.25) is 5.91 Å². The van der Waals surface area contributed by atoms with Crippen LogP contribution in [0.1, 0.15) is 39.0 Å². The molecule has 0 heterocycles. The van der Waals surface area contributed by atoms with E-state index in [-0.39, 0.29) is 65.5 Å². The van der Waals surface area contributed by atoms with E-state index in [4.69, 9.17) is 10.2 Å². The average Bonchev–Trinajstić information content (AvgIpc) is 2.16. The zero-order valence-electron chi connectivity index (χ0n) is 9.23. The second kappa shape index (κ2) is 13.8. The Hall–Kier alpha value is 0.410. The number of hydrogen-bond donors (Lipinski definition) is 3. The maximum atomic E-state index is 11.2. The second-order valence-electron chi connectivity index (χ2n) is 3.51. The van der Waals surface area contributed by atoms with Crippen molar-refractivity contribution in [3.05, 3.63) is 0 Å². The first-order valence-electron chi connectivity index (χ1n) is 5.21. The number of unbranched alkanes of at least 4 members (excludes halogenated alkanes) is 2. The maximum absolute atomic E-state index is 11.2. The predicted octanol–water partition coefficient (Wildman–Crippen LogP) is -0.686. The molecule has 1 amide bonds. The Labute approximate surface area is 150 Å². The molecule has 6 nitrogen and oxygen atoms in total. The van der Waals surface area contributed by atoms with Crippen LogP contribution < -0.4 is 5.32 Å². The van der Waals surface area contributed by atoms with Crippen LogP contribution in [0.15, 0.2) is 0 Å². The molecule has 18 heavy (non-hydrogen) atoms. The van der Waals surface area contributed by atoms with Gasteiger partial charge in [-0.05, 0) is 6.42 Å². The van der Waals surface area contributed by atoms with Crippen LogP contribution in [0.25, 0.3) is 0 Å². The minimum absolute atomic E-state index is 0. The van der Waals surface area contributed by atoms with Crippen LogP contribution in [0.4, 0.5) is 0 Å². The van der Waals surface area contributed by atoms with Crippen molar-refractivity contribution in [2.45, 2.75) is 45.1 Å². The number of carboxylic acid groups (broad SMARTS) is 2. The molecule has 0 aliphatic carbocycles. The summed E-state index contributed by atoms with van der Waals surface area (Å²) in [5.74, 6) is -2.99. The van der Waals surface area contributed by atoms with Crippen molar-refractivity contribution >= 4 is 77.0 Å². The number of carbonyl (C=O) groups excluding carboxylic acids is 1. The molecule has 1 atom stereocenters. The first-order chi connectivity index (χ1) is 7.47. The van der Waals surface area contributed by atoms with Gasteiger partial charge in [0.1, 0.15) is 6.04 Å². The van der Waals surface area contributed by atoms with Gasteiger partial charge in [-0.2, -0.15) is 0 Å². The van der Waals surface area contributed by atoms with Crippen molar-refractivity contribution in [3.8, 4) is 0 Å². The summed E-state index contributed by atoms with van der Waals surface area (Å²) in [6, 6.07) is -1.34. The van der Waals surface area contributed by atoms with E-state index in [1.54, 1.807) is 0 Å². The normalized spacial score (nSPS) is 10.5. The van der Waals surface area contributed by atoms with E-state index in [2.05, 4.69) is 5.32 Å². The van der Waals surface area contributed by atoms with Crippen LogP contribution in [-0.2, 0) is 14.4 Å². The van der Waals surface area contributed by atoms with Gasteiger partial charge in [0, 0.05) is 6.42 Å². The van der Waals surface area contributed by atoms with E-state index in [1.165, 1.54) is 0 Å². The summed E-state index contributed by atoms with van der Waals surface area (Å²) in [5, 5.41) is 19.3. The van der Waals surface area contributed by atoms with Crippen molar-refractivity contribution in [1.29, 1.82) is 0 Å². The third kappa shape index (κ3) is 12.9. The van der Waals surface area contributed by atoms with Gasteiger partial charge in [0.15, 0.2) is 0 Å². The molecule has 0 rings (SSSR count). The van der Waals surface area contributed by atoms with Crippen molar-refractivity contribution in [1.82, 2.24) is 5.32 Å². The second-order valence-corrected chi connectivity index (χ2v) is 3.51. The van der Waals surface area contributed by atoms with E-state index in [0.29, 0.717) is 6.42 Å². The van der Waals surface area contributed by atoms with Gasteiger partial charge in [0.25, 0.3) is 0 Å². The number of hydrogen-bond acceptors (Lipinski definition) is 3. The Kier molecular flexibility index (Phi) is 18.1. The minimum atomic E-state index is -1.34. The molecule has 0 aromatic rings. The molecule has 0 spiro atoms. The Morgan fingerprint density at radius 2 is 1.67 bits per heavy atom. The van der Waals surface area contributed by atoms with Crippen LogP contribution in [-0.4, -0.2) is 93.2 Å². The zero-order chi connectivity index (χ0) is 12.6.